The van der Waals surface area contributed by atoms with E-state index in [0.717, 1.165) is 28.3 Å². The van der Waals surface area contributed by atoms with Crippen molar-refractivity contribution in [2.24, 2.45) is 0 Å². The molecule has 1 aromatic heterocycles. The molecule has 1 heterocycles. The summed E-state index contributed by atoms with van der Waals surface area (Å²) in [5.74, 6) is 0. The van der Waals surface area contributed by atoms with Crippen LogP contribution in [-0.2, 0) is 10.8 Å². The van der Waals surface area contributed by atoms with Crippen LogP contribution in [0.1, 0.15) is 44.5 Å². The first-order valence-electron chi connectivity index (χ1n) is 26.4. The Morgan fingerprint density at radius 2 is 0.632 bits per heavy atom. The van der Waals surface area contributed by atoms with Gasteiger partial charge in [0.25, 0.3) is 0 Å². The number of hydrogen-bond acceptors (Lipinski definition) is 1. The highest BCUT2D eigenvalue weighted by molar-refractivity contribution is 6.09. The van der Waals surface area contributed by atoms with Crippen molar-refractivity contribution >= 4 is 38.9 Å². The molecule has 76 heavy (non-hydrogen) atoms. The van der Waals surface area contributed by atoms with Crippen LogP contribution in [0.25, 0.3) is 60.9 Å². The van der Waals surface area contributed by atoms with E-state index in [2.05, 4.69) is 313 Å². The molecule has 2 heteroatoms. The molecule has 12 aromatic carbocycles. The first-order chi connectivity index (χ1) is 37.7. The van der Waals surface area contributed by atoms with E-state index in [0.29, 0.717) is 0 Å². The molecule has 2 nitrogen and oxygen atoms in total. The minimum absolute atomic E-state index is 0.475. The summed E-state index contributed by atoms with van der Waals surface area (Å²) in [4.78, 5) is 2.43. The lowest BCUT2D eigenvalue weighted by atomic mass is 9.67. The first-order valence-corrected chi connectivity index (χ1v) is 26.4. The van der Waals surface area contributed by atoms with Gasteiger partial charge in [0.1, 0.15) is 0 Å². The summed E-state index contributed by atoms with van der Waals surface area (Å²) in [6.07, 6.45) is 0. The Labute approximate surface area is 443 Å². The summed E-state index contributed by atoms with van der Waals surface area (Å²) in [6.45, 7) is 0. The molecular formula is C74H50N2. The van der Waals surface area contributed by atoms with Crippen LogP contribution in [0.5, 0.6) is 0 Å². The molecule has 2 aliphatic carbocycles. The third kappa shape index (κ3) is 6.41. The molecule has 0 spiro atoms. The second-order valence-electron chi connectivity index (χ2n) is 20.3. The van der Waals surface area contributed by atoms with E-state index in [1.54, 1.807) is 0 Å². The summed E-state index contributed by atoms with van der Waals surface area (Å²) in [7, 11) is 0. The summed E-state index contributed by atoms with van der Waals surface area (Å²) >= 11 is 0. The quantitative estimate of drug-likeness (QED) is 0.140. The SMILES string of the molecule is c1ccc(C2(c3ccccc3)c3ccccc3-c3cc(N(c4ccc(-c5ccc6c(c5)C(c5ccccc5)(c5ccccc5)c5ccccc5-6)cc4)c4ccc(-n5c6ccccc6c6ccccc65)cc4)ccc32)cc1. The molecule has 13 aromatic rings. The predicted octanol–water partition coefficient (Wildman–Crippen LogP) is 18.6. The fraction of sp³-hybridized carbons (Fsp3) is 0.0270. The Kier molecular flexibility index (Phi) is 10.0. The molecule has 0 atom stereocenters. The topological polar surface area (TPSA) is 8.17 Å². The lowest BCUT2D eigenvalue weighted by Crippen LogP contribution is -2.28. The molecule has 356 valence electrons. The molecule has 0 saturated heterocycles. The van der Waals surface area contributed by atoms with Gasteiger partial charge in [-0.25, -0.2) is 0 Å². The van der Waals surface area contributed by atoms with Crippen LogP contribution in [0.4, 0.5) is 17.1 Å². The molecule has 0 N–H and O–H groups in total. The van der Waals surface area contributed by atoms with Crippen molar-refractivity contribution in [1.29, 1.82) is 0 Å². The Bertz CT molecular complexity index is 4180. The van der Waals surface area contributed by atoms with E-state index in [-0.39, 0.29) is 0 Å². The van der Waals surface area contributed by atoms with Crippen molar-refractivity contribution in [3.63, 3.8) is 0 Å². The maximum absolute atomic E-state index is 2.46. The van der Waals surface area contributed by atoms with Gasteiger partial charge in [-0.2, -0.15) is 0 Å². The van der Waals surface area contributed by atoms with Gasteiger partial charge >= 0.3 is 0 Å². The summed E-state index contributed by atoms with van der Waals surface area (Å²) < 4.78 is 2.39. The molecular weight excluding hydrogens is 917 g/mol. The van der Waals surface area contributed by atoms with Crippen molar-refractivity contribution in [2.45, 2.75) is 10.8 Å². The number of aromatic nitrogens is 1. The number of rotatable bonds is 9. The zero-order valence-corrected chi connectivity index (χ0v) is 41.8. The zero-order chi connectivity index (χ0) is 50.2. The fourth-order valence-electron chi connectivity index (χ4n) is 13.4. The van der Waals surface area contributed by atoms with Crippen LogP contribution in [0, 0.1) is 0 Å². The Balaban J connectivity index is 0.895. The molecule has 2 aliphatic rings. The lowest BCUT2D eigenvalue weighted by Gasteiger charge is -2.34. The number of fused-ring (bicyclic) bond motifs is 9. The average Bonchev–Trinajstić information content (AvgIpc) is 4.31. The molecule has 0 saturated carbocycles. The minimum Gasteiger partial charge on any atom is -0.310 e. The Hall–Kier alpha value is -9.76. The number of benzene rings is 12. The van der Waals surface area contributed by atoms with Crippen molar-refractivity contribution in [1.82, 2.24) is 4.57 Å². The fourth-order valence-corrected chi connectivity index (χ4v) is 13.4. The van der Waals surface area contributed by atoms with Crippen LogP contribution < -0.4 is 4.90 Å². The second kappa shape index (κ2) is 17.4. The summed E-state index contributed by atoms with van der Waals surface area (Å²) in [5.41, 5.74) is 23.5. The van der Waals surface area contributed by atoms with E-state index in [1.807, 2.05) is 0 Å². The van der Waals surface area contributed by atoms with E-state index in [4.69, 9.17) is 0 Å². The van der Waals surface area contributed by atoms with Gasteiger partial charge in [0.05, 0.1) is 21.9 Å². The molecule has 0 radical (unpaired) electrons. The Morgan fingerprint density at radius 3 is 1.16 bits per heavy atom. The minimum atomic E-state index is -0.487. The van der Waals surface area contributed by atoms with Crippen molar-refractivity contribution in [2.75, 3.05) is 4.90 Å². The van der Waals surface area contributed by atoms with Crippen LogP contribution in [0.3, 0.4) is 0 Å². The molecule has 0 aliphatic heterocycles. The van der Waals surface area contributed by atoms with E-state index < -0.39 is 10.8 Å². The number of para-hydroxylation sites is 2. The van der Waals surface area contributed by atoms with E-state index in [9.17, 15) is 0 Å². The number of hydrogen-bond donors (Lipinski definition) is 0. The number of anilines is 3. The first kappa shape index (κ1) is 43.8. The van der Waals surface area contributed by atoms with E-state index in [1.165, 1.54) is 94.1 Å². The van der Waals surface area contributed by atoms with Gasteiger partial charge in [0.2, 0.25) is 0 Å². The highest BCUT2D eigenvalue weighted by atomic mass is 15.1. The molecule has 0 bridgehead atoms. The van der Waals surface area contributed by atoms with Crippen LogP contribution in [0.15, 0.2) is 303 Å². The zero-order valence-electron chi connectivity index (χ0n) is 41.8. The molecule has 15 rings (SSSR count). The molecule has 0 amide bonds. The van der Waals surface area contributed by atoms with Gasteiger partial charge in [-0.15, -0.1) is 0 Å². The summed E-state index contributed by atoms with van der Waals surface area (Å²) in [6, 6.07) is 112. The van der Waals surface area contributed by atoms with Gasteiger partial charge in [-0.1, -0.05) is 237 Å². The number of nitrogens with zero attached hydrogens (tertiary/aromatic N) is 2. The van der Waals surface area contributed by atoms with Gasteiger partial charge in [0, 0.05) is 33.5 Å². The van der Waals surface area contributed by atoms with Gasteiger partial charge in [0.15, 0.2) is 0 Å². The van der Waals surface area contributed by atoms with Crippen LogP contribution >= 0.6 is 0 Å². The van der Waals surface area contributed by atoms with Crippen molar-refractivity contribution in [3.8, 4) is 39.1 Å². The van der Waals surface area contributed by atoms with Crippen LogP contribution in [-0.4, -0.2) is 4.57 Å². The highest BCUT2D eigenvalue weighted by Crippen LogP contribution is 2.59. The predicted molar refractivity (Wildman–Crippen MR) is 316 cm³/mol. The van der Waals surface area contributed by atoms with Gasteiger partial charge in [-0.05, 0) is 145 Å². The van der Waals surface area contributed by atoms with Crippen molar-refractivity contribution in [3.05, 3.63) is 348 Å². The Morgan fingerprint density at radius 1 is 0.250 bits per heavy atom. The monoisotopic (exact) mass is 966 g/mol. The smallest absolute Gasteiger partial charge is 0.0713 e. The van der Waals surface area contributed by atoms with Gasteiger partial charge in [-0.3, -0.25) is 0 Å². The third-order valence-electron chi connectivity index (χ3n) is 16.6. The maximum Gasteiger partial charge on any atom is 0.0713 e. The molecule has 0 fully saturated rings. The maximum atomic E-state index is 2.46. The average molecular weight is 967 g/mol. The third-order valence-corrected chi connectivity index (χ3v) is 16.6. The van der Waals surface area contributed by atoms with E-state index >= 15 is 0 Å². The van der Waals surface area contributed by atoms with Crippen molar-refractivity contribution < 1.29 is 0 Å². The second-order valence-corrected chi connectivity index (χ2v) is 20.3. The van der Waals surface area contributed by atoms with Gasteiger partial charge < -0.3 is 9.47 Å². The largest absolute Gasteiger partial charge is 0.310 e. The summed E-state index contributed by atoms with van der Waals surface area (Å²) in [5, 5.41) is 2.51. The standard InChI is InChI=1S/C74H50N2/c1-5-21-53(22-6-1)73(54-23-7-2-8-24-54)68-34-18-14-30-62(68)66-50-60(46-48-69(66)73)75(58-42-44-59(45-43-58)76-71-35-19-15-31-64(71)65-32-16-20-36-72(65)76)57-40-37-51(38-41-57)52-39-47-63-61-29-13-17-33-67(61)74(70(63)49-52,55-25-9-3-10-26-55)56-27-11-4-12-28-56/h1-50H. The van der Waals surface area contributed by atoms with Crippen LogP contribution in [0.2, 0.25) is 0 Å². The highest BCUT2D eigenvalue weighted by Gasteiger charge is 2.47. The normalized spacial score (nSPS) is 13.5. The molecule has 0 unspecified atom stereocenters. The lowest BCUT2D eigenvalue weighted by molar-refractivity contribution is 0.768.